The molecule has 7 atom stereocenters. The van der Waals surface area contributed by atoms with Gasteiger partial charge in [0.15, 0.2) is 0 Å². The molecule has 0 amide bonds. The number of esters is 5. The molecule has 470 valence electrons. The molecule has 0 radical (unpaired) electrons. The first-order valence-corrected chi connectivity index (χ1v) is 32.8. The van der Waals surface area contributed by atoms with Crippen LogP contribution in [-0.2, 0) is 33.2 Å². The molecule has 1 fully saturated rings. The Morgan fingerprint density at radius 2 is 0.826 bits per heavy atom. The van der Waals surface area contributed by atoms with Gasteiger partial charge in [0.25, 0.3) is 0 Å². The Labute approximate surface area is 516 Å². The van der Waals surface area contributed by atoms with Crippen LogP contribution in [0.5, 0.6) is 0 Å². The quantitative estimate of drug-likeness (QED) is 0.0251. The smallest absolute Gasteiger partial charge is 0.339 e. The lowest BCUT2D eigenvalue weighted by atomic mass is 9.95. The lowest BCUT2D eigenvalue weighted by molar-refractivity contribution is -0.139. The number of aryl methyl sites for hydroxylation is 12. The zero-order valence-corrected chi connectivity index (χ0v) is 55.0. The van der Waals surface area contributed by atoms with E-state index in [2.05, 4.69) is 6.92 Å². The molecular weight excluding hydrogens is 1080 g/mol. The molecule has 1 saturated heterocycles. The number of cyclic esters (lactones) is 1. The zero-order valence-electron chi connectivity index (χ0n) is 55.0. The Hall–Kier alpha value is -6.07. The Balaban J connectivity index is 1.21. The summed E-state index contributed by atoms with van der Waals surface area (Å²) >= 11 is 0. The fourth-order valence-corrected chi connectivity index (χ4v) is 13.7. The van der Waals surface area contributed by atoms with Crippen LogP contribution >= 0.6 is 0 Å². The molecule has 4 aromatic carbocycles. The van der Waals surface area contributed by atoms with Crippen molar-refractivity contribution in [2.24, 2.45) is 0 Å². The summed E-state index contributed by atoms with van der Waals surface area (Å²) in [6.45, 7) is 27.6. The molecule has 11 nitrogen and oxygen atoms in total. The van der Waals surface area contributed by atoms with Crippen LogP contribution in [0.25, 0.3) is 0 Å². The van der Waals surface area contributed by atoms with E-state index in [9.17, 15) is 24.0 Å². The number of unbranched alkanes of at least 4 members (excludes halogenated alkanes) is 13. The van der Waals surface area contributed by atoms with E-state index in [1.807, 2.05) is 145 Å². The van der Waals surface area contributed by atoms with Crippen molar-refractivity contribution in [3.8, 4) is 0 Å². The Morgan fingerprint density at radius 1 is 0.453 bits per heavy atom. The minimum Gasteiger partial charge on any atom is -0.458 e. The highest BCUT2D eigenvalue weighted by molar-refractivity contribution is 5.95. The van der Waals surface area contributed by atoms with Crippen LogP contribution in [0.3, 0.4) is 0 Å². The van der Waals surface area contributed by atoms with Crippen molar-refractivity contribution in [2.75, 3.05) is 0 Å². The summed E-state index contributed by atoms with van der Waals surface area (Å²) in [5.41, 5.74) is 13.5. The van der Waals surface area contributed by atoms with Gasteiger partial charge < -0.3 is 28.4 Å². The summed E-state index contributed by atoms with van der Waals surface area (Å²) in [6.07, 6.45) is 18.8. The van der Waals surface area contributed by atoms with Gasteiger partial charge in [0.2, 0.25) is 0 Å². The second-order valence-electron chi connectivity index (χ2n) is 25.7. The Kier molecular flexibility index (Phi) is 27.2. The topological polar surface area (TPSA) is 141 Å². The third-order valence-corrected chi connectivity index (χ3v) is 17.6. The monoisotopic (exact) mass is 1180 g/mol. The van der Waals surface area contributed by atoms with E-state index in [0.717, 1.165) is 125 Å². The Morgan fingerprint density at radius 3 is 1.24 bits per heavy atom. The standard InChI is InChI=1S/C75H104O11/c1-15-16-17-18-19-20-21-22-23-24-25-29-32-63(84-73(78)68-53(8)39-48(3)40-54(68)9)65(85-74(79)69-55(10)41-49(4)42-56(69)11)35-36-66(86-75(80)70-57(12)43-50(5)44-58(70)13)64-34-33-61(82-64)30-27-26-28-31-62(46-60-45-59(14)81-71(60)76)83-72(77)67-51(6)37-47(2)38-52(67)7/h37-45,59,61-66H,15-36,46H2,1-14H3/t59?,61-,62?,63?,64+,65?,66+/m0/s1. The van der Waals surface area contributed by atoms with Crippen LogP contribution < -0.4 is 0 Å². The molecule has 0 aliphatic carbocycles. The molecule has 0 bridgehead atoms. The SMILES string of the molecule is CCCCCCCCCCCCCCC(OC(=O)c1c(C)cc(C)cc1C)C(CC[C@@H](OC(=O)c1c(C)cc(C)cc1C)[C@H]1CC[C@H](CCCCCC(CC2=CC(C)OC2=O)OC(=O)c2c(C)cc(C)cc2C)O1)OC(=O)c1c(C)cc(C)cc1C. The highest BCUT2D eigenvalue weighted by Gasteiger charge is 2.38. The van der Waals surface area contributed by atoms with Gasteiger partial charge in [-0.1, -0.05) is 161 Å². The van der Waals surface area contributed by atoms with Gasteiger partial charge in [0.1, 0.15) is 30.5 Å². The first-order valence-electron chi connectivity index (χ1n) is 32.8. The molecule has 0 spiro atoms. The van der Waals surface area contributed by atoms with E-state index in [4.69, 9.17) is 28.4 Å². The summed E-state index contributed by atoms with van der Waals surface area (Å²) in [4.78, 5) is 70.3. The van der Waals surface area contributed by atoms with Gasteiger partial charge >= 0.3 is 29.8 Å². The number of carbonyl (C=O) groups is 5. The van der Waals surface area contributed by atoms with Crippen molar-refractivity contribution in [1.29, 1.82) is 0 Å². The van der Waals surface area contributed by atoms with Gasteiger partial charge in [0, 0.05) is 12.0 Å². The average molecular weight is 1180 g/mol. The largest absolute Gasteiger partial charge is 0.458 e. The minimum atomic E-state index is -0.876. The minimum absolute atomic E-state index is 0.0911. The summed E-state index contributed by atoms with van der Waals surface area (Å²) in [5, 5.41) is 0. The van der Waals surface area contributed by atoms with Crippen LogP contribution in [0.15, 0.2) is 60.2 Å². The number of hydrogen-bond donors (Lipinski definition) is 0. The first kappa shape index (κ1) is 69.0. The highest BCUT2D eigenvalue weighted by Crippen LogP contribution is 2.34. The van der Waals surface area contributed by atoms with Gasteiger partial charge in [-0.2, -0.15) is 0 Å². The van der Waals surface area contributed by atoms with Crippen molar-refractivity contribution in [3.63, 3.8) is 0 Å². The van der Waals surface area contributed by atoms with E-state index < -0.39 is 48.4 Å². The van der Waals surface area contributed by atoms with Crippen LogP contribution in [-0.4, -0.2) is 72.6 Å². The van der Waals surface area contributed by atoms with Gasteiger partial charge in [-0.15, -0.1) is 0 Å². The highest BCUT2D eigenvalue weighted by atomic mass is 16.6. The molecule has 6 rings (SSSR count). The van der Waals surface area contributed by atoms with Crippen molar-refractivity contribution in [3.05, 3.63) is 149 Å². The molecule has 2 aliphatic heterocycles. The van der Waals surface area contributed by atoms with Crippen LogP contribution in [0.2, 0.25) is 0 Å². The van der Waals surface area contributed by atoms with Gasteiger partial charge in [0.05, 0.1) is 34.5 Å². The molecule has 2 heterocycles. The maximum absolute atomic E-state index is 14.7. The van der Waals surface area contributed by atoms with E-state index in [0.29, 0.717) is 47.1 Å². The summed E-state index contributed by atoms with van der Waals surface area (Å²) in [7, 11) is 0. The molecule has 0 aromatic heterocycles. The third-order valence-electron chi connectivity index (χ3n) is 17.6. The summed E-state index contributed by atoms with van der Waals surface area (Å²) in [5.74, 6) is -2.11. The fraction of sp³-hybridized carbons (Fsp3) is 0.587. The fourth-order valence-electron chi connectivity index (χ4n) is 13.7. The summed E-state index contributed by atoms with van der Waals surface area (Å²) < 4.78 is 38.5. The molecule has 4 aromatic rings. The molecule has 11 heteroatoms. The lowest BCUT2D eigenvalue weighted by Gasteiger charge is -2.31. The lowest BCUT2D eigenvalue weighted by Crippen LogP contribution is -2.39. The predicted molar refractivity (Wildman–Crippen MR) is 344 cm³/mol. The van der Waals surface area contributed by atoms with Crippen LogP contribution in [0, 0.1) is 83.1 Å². The van der Waals surface area contributed by atoms with E-state index >= 15 is 0 Å². The van der Waals surface area contributed by atoms with Crippen LogP contribution in [0.1, 0.15) is 270 Å². The number of hydrogen-bond acceptors (Lipinski definition) is 11. The summed E-state index contributed by atoms with van der Waals surface area (Å²) in [6, 6.07) is 15.9. The number of benzene rings is 4. The molecule has 86 heavy (non-hydrogen) atoms. The van der Waals surface area contributed by atoms with Gasteiger partial charge in [-0.3, -0.25) is 0 Å². The number of ether oxygens (including phenoxy) is 6. The van der Waals surface area contributed by atoms with E-state index in [-0.39, 0.29) is 43.4 Å². The van der Waals surface area contributed by atoms with Crippen molar-refractivity contribution < 1.29 is 52.4 Å². The maximum Gasteiger partial charge on any atom is 0.339 e. The second kappa shape index (κ2) is 33.9. The third kappa shape index (κ3) is 20.5. The van der Waals surface area contributed by atoms with E-state index in [1.165, 1.54) is 51.4 Å². The van der Waals surface area contributed by atoms with Crippen molar-refractivity contribution in [1.82, 2.24) is 0 Å². The van der Waals surface area contributed by atoms with Crippen molar-refractivity contribution >= 4 is 29.8 Å². The van der Waals surface area contributed by atoms with Gasteiger partial charge in [-0.25, -0.2) is 24.0 Å². The molecular formula is C75H104O11. The average Bonchev–Trinajstić information content (AvgIpc) is 3.67. The zero-order chi connectivity index (χ0) is 62.6. The molecule has 4 unspecified atom stereocenters. The Bertz CT molecular complexity index is 2890. The predicted octanol–water partition coefficient (Wildman–Crippen LogP) is 18.2. The number of rotatable bonds is 34. The molecule has 0 saturated carbocycles. The normalized spacial score (nSPS) is 17.2. The second-order valence-corrected chi connectivity index (χ2v) is 25.7. The van der Waals surface area contributed by atoms with Crippen LogP contribution in [0.4, 0.5) is 0 Å². The van der Waals surface area contributed by atoms with Gasteiger partial charge in [-0.05, 0) is 198 Å². The molecule has 2 aliphatic rings. The van der Waals surface area contributed by atoms with E-state index in [1.54, 1.807) is 0 Å². The molecule has 0 N–H and O–H groups in total. The van der Waals surface area contributed by atoms with Crippen molar-refractivity contribution in [2.45, 2.75) is 287 Å². The maximum atomic E-state index is 14.7. The number of carbonyl (C=O) groups excluding carboxylic acids is 5. The first-order chi connectivity index (χ1) is 41.0.